The topological polar surface area (TPSA) is 77.2 Å². The number of pyridine rings is 1. The van der Waals surface area contributed by atoms with Crippen molar-refractivity contribution >= 4 is 33.0 Å². The number of nitrogens with zero attached hydrogens (tertiary/aromatic N) is 1. The summed E-state index contributed by atoms with van der Waals surface area (Å²) in [5.41, 5.74) is 8.41. The van der Waals surface area contributed by atoms with Gasteiger partial charge in [-0.05, 0) is 26.8 Å². The number of ether oxygens (including phenoxy) is 1. The fraction of sp³-hybridized carbons (Fsp3) is 0.429. The number of fused-ring (bicyclic) bond motifs is 1. The van der Waals surface area contributed by atoms with Crippen molar-refractivity contribution in [2.75, 3.05) is 25.5 Å². The van der Waals surface area contributed by atoms with Crippen LogP contribution < -0.4 is 11.1 Å². The molecule has 1 amide bonds. The van der Waals surface area contributed by atoms with Crippen molar-refractivity contribution in [3.63, 3.8) is 0 Å². The number of hydrogen-bond donors (Lipinski definition) is 2. The van der Waals surface area contributed by atoms with Crippen LogP contribution in [0.15, 0.2) is 6.07 Å². The van der Waals surface area contributed by atoms with Gasteiger partial charge in [-0.25, -0.2) is 0 Å². The molecule has 20 heavy (non-hydrogen) atoms. The predicted molar refractivity (Wildman–Crippen MR) is 82.3 cm³/mol. The molecule has 5 nitrogen and oxygen atoms in total. The average molecular weight is 293 g/mol. The van der Waals surface area contributed by atoms with Crippen LogP contribution in [0.25, 0.3) is 10.1 Å². The van der Waals surface area contributed by atoms with Gasteiger partial charge in [0.1, 0.15) is 4.88 Å². The third kappa shape index (κ3) is 2.91. The summed E-state index contributed by atoms with van der Waals surface area (Å²) in [6, 6.07) is 1.96. The summed E-state index contributed by atoms with van der Waals surface area (Å²) in [5, 5.41) is 3.70. The summed E-state index contributed by atoms with van der Waals surface area (Å²) in [4.78, 5) is 17.1. The third-order valence-corrected chi connectivity index (χ3v) is 4.11. The molecule has 108 valence electrons. The second kappa shape index (κ2) is 6.19. The van der Waals surface area contributed by atoms with Gasteiger partial charge >= 0.3 is 0 Å². The van der Waals surface area contributed by atoms with E-state index >= 15 is 0 Å². The molecule has 2 aromatic heterocycles. The van der Waals surface area contributed by atoms with Crippen LogP contribution in [0.2, 0.25) is 0 Å². The Morgan fingerprint density at radius 3 is 2.95 bits per heavy atom. The molecule has 0 unspecified atom stereocenters. The van der Waals surface area contributed by atoms with Crippen molar-refractivity contribution < 1.29 is 9.53 Å². The van der Waals surface area contributed by atoms with E-state index in [9.17, 15) is 4.79 Å². The van der Waals surface area contributed by atoms with E-state index in [4.69, 9.17) is 10.5 Å². The SMILES string of the molecule is CCOCCNC(=O)c1sc2cc(C)nc(C)c2c1N. The highest BCUT2D eigenvalue weighted by Gasteiger charge is 2.18. The molecule has 0 aliphatic heterocycles. The lowest BCUT2D eigenvalue weighted by atomic mass is 10.2. The number of nitrogens with two attached hydrogens (primary N) is 1. The quantitative estimate of drug-likeness (QED) is 0.829. The van der Waals surface area contributed by atoms with Crippen LogP contribution in [-0.4, -0.2) is 30.6 Å². The molecule has 0 aliphatic carbocycles. The number of nitrogens with one attached hydrogen (secondary N) is 1. The molecule has 2 rings (SSSR count). The van der Waals surface area contributed by atoms with Gasteiger partial charge in [-0.15, -0.1) is 11.3 Å². The minimum atomic E-state index is -0.152. The van der Waals surface area contributed by atoms with E-state index in [1.54, 1.807) is 0 Å². The number of nitrogen functional groups attached to an aromatic ring is 1. The largest absolute Gasteiger partial charge is 0.397 e. The molecule has 0 bridgehead atoms. The molecule has 0 radical (unpaired) electrons. The highest BCUT2D eigenvalue weighted by Crippen LogP contribution is 2.35. The zero-order chi connectivity index (χ0) is 14.7. The summed E-state index contributed by atoms with van der Waals surface area (Å²) in [7, 11) is 0. The fourth-order valence-corrected chi connectivity index (χ4v) is 3.30. The molecule has 0 saturated carbocycles. The molecule has 3 N–H and O–H groups in total. The van der Waals surface area contributed by atoms with Crippen molar-refractivity contribution in [2.24, 2.45) is 0 Å². The van der Waals surface area contributed by atoms with Crippen LogP contribution >= 0.6 is 11.3 Å². The second-order valence-electron chi connectivity index (χ2n) is 4.52. The molecule has 2 heterocycles. The molecule has 0 atom stereocenters. The smallest absolute Gasteiger partial charge is 0.263 e. The summed E-state index contributed by atoms with van der Waals surface area (Å²) >= 11 is 1.41. The van der Waals surface area contributed by atoms with Crippen molar-refractivity contribution in [2.45, 2.75) is 20.8 Å². The minimum absolute atomic E-state index is 0.152. The number of anilines is 1. The molecular formula is C14H19N3O2S. The lowest BCUT2D eigenvalue weighted by molar-refractivity contribution is 0.0927. The Balaban J connectivity index is 2.24. The van der Waals surface area contributed by atoms with E-state index in [0.29, 0.717) is 30.3 Å². The number of hydrogen-bond acceptors (Lipinski definition) is 5. The lowest BCUT2D eigenvalue weighted by Gasteiger charge is -2.04. The minimum Gasteiger partial charge on any atom is -0.397 e. The van der Waals surface area contributed by atoms with Crippen molar-refractivity contribution in [3.8, 4) is 0 Å². The lowest BCUT2D eigenvalue weighted by Crippen LogP contribution is -2.27. The number of carbonyl (C=O) groups is 1. The van der Waals surface area contributed by atoms with Gasteiger partial charge in [0.05, 0.1) is 12.3 Å². The van der Waals surface area contributed by atoms with Crippen LogP contribution in [-0.2, 0) is 4.74 Å². The van der Waals surface area contributed by atoms with Gasteiger partial charge in [-0.2, -0.15) is 0 Å². The van der Waals surface area contributed by atoms with Gasteiger partial charge < -0.3 is 15.8 Å². The molecule has 2 aromatic rings. The van der Waals surface area contributed by atoms with E-state index < -0.39 is 0 Å². The third-order valence-electron chi connectivity index (χ3n) is 2.96. The number of carbonyl (C=O) groups excluding carboxylic acids is 1. The average Bonchev–Trinajstić information content (AvgIpc) is 2.71. The number of rotatable bonds is 5. The van der Waals surface area contributed by atoms with Crippen LogP contribution in [0, 0.1) is 13.8 Å². The Morgan fingerprint density at radius 2 is 2.25 bits per heavy atom. The van der Waals surface area contributed by atoms with Gasteiger partial charge in [-0.1, -0.05) is 0 Å². The summed E-state index contributed by atoms with van der Waals surface area (Å²) in [6.07, 6.45) is 0. The maximum atomic E-state index is 12.1. The molecule has 0 aromatic carbocycles. The first kappa shape index (κ1) is 14.7. The first-order valence-electron chi connectivity index (χ1n) is 6.56. The molecule has 0 spiro atoms. The van der Waals surface area contributed by atoms with E-state index in [-0.39, 0.29) is 5.91 Å². The molecule has 0 fully saturated rings. The Bertz CT molecular complexity index is 637. The maximum absolute atomic E-state index is 12.1. The van der Waals surface area contributed by atoms with Crippen molar-refractivity contribution in [1.29, 1.82) is 0 Å². The normalized spacial score (nSPS) is 10.9. The number of aryl methyl sites for hydroxylation is 2. The van der Waals surface area contributed by atoms with Gasteiger partial charge in [0.2, 0.25) is 0 Å². The van der Waals surface area contributed by atoms with Gasteiger partial charge in [0.25, 0.3) is 5.91 Å². The van der Waals surface area contributed by atoms with Crippen LogP contribution in [0.4, 0.5) is 5.69 Å². The van der Waals surface area contributed by atoms with E-state index in [2.05, 4.69) is 10.3 Å². The zero-order valence-corrected chi connectivity index (χ0v) is 12.8. The fourth-order valence-electron chi connectivity index (χ4n) is 2.11. The molecule has 0 saturated heterocycles. The zero-order valence-electron chi connectivity index (χ0n) is 11.9. The Labute approximate surface area is 122 Å². The van der Waals surface area contributed by atoms with Gasteiger partial charge in [0, 0.05) is 34.6 Å². The monoisotopic (exact) mass is 293 g/mol. The summed E-state index contributed by atoms with van der Waals surface area (Å²) in [5.74, 6) is -0.152. The summed E-state index contributed by atoms with van der Waals surface area (Å²) < 4.78 is 6.19. The maximum Gasteiger partial charge on any atom is 0.263 e. The Kier molecular flexibility index (Phi) is 4.57. The predicted octanol–water partition coefficient (Wildman–Crippen LogP) is 2.26. The summed E-state index contributed by atoms with van der Waals surface area (Å²) in [6.45, 7) is 7.40. The first-order valence-corrected chi connectivity index (χ1v) is 7.38. The molecule has 0 aliphatic rings. The Hall–Kier alpha value is -1.66. The highest BCUT2D eigenvalue weighted by molar-refractivity contribution is 7.21. The molecule has 6 heteroatoms. The van der Waals surface area contributed by atoms with E-state index in [0.717, 1.165) is 21.5 Å². The van der Waals surface area contributed by atoms with Crippen LogP contribution in [0.5, 0.6) is 0 Å². The van der Waals surface area contributed by atoms with Crippen LogP contribution in [0.3, 0.4) is 0 Å². The first-order chi connectivity index (χ1) is 9.54. The van der Waals surface area contributed by atoms with Crippen molar-refractivity contribution in [3.05, 3.63) is 22.3 Å². The molecular weight excluding hydrogens is 274 g/mol. The van der Waals surface area contributed by atoms with Crippen molar-refractivity contribution in [1.82, 2.24) is 10.3 Å². The second-order valence-corrected chi connectivity index (χ2v) is 5.57. The standard InChI is InChI=1S/C14H19N3O2S/c1-4-19-6-5-16-14(18)13-12(15)11-9(3)17-8(2)7-10(11)20-13/h7H,4-6,15H2,1-3H3,(H,16,18). The Morgan fingerprint density at radius 1 is 1.50 bits per heavy atom. The van der Waals surface area contributed by atoms with E-state index in [1.165, 1.54) is 11.3 Å². The van der Waals surface area contributed by atoms with Crippen LogP contribution in [0.1, 0.15) is 28.0 Å². The van der Waals surface area contributed by atoms with Gasteiger partial charge in [-0.3, -0.25) is 9.78 Å². The number of aromatic nitrogens is 1. The highest BCUT2D eigenvalue weighted by atomic mass is 32.1. The number of thiophene rings is 1. The van der Waals surface area contributed by atoms with Gasteiger partial charge in [0.15, 0.2) is 0 Å². The number of amides is 1. The van der Waals surface area contributed by atoms with E-state index in [1.807, 2.05) is 26.8 Å².